The van der Waals surface area contributed by atoms with Crippen molar-refractivity contribution in [3.63, 3.8) is 0 Å². The maximum atomic E-state index is 14.2. The predicted molar refractivity (Wildman–Crippen MR) is 94.6 cm³/mol. The Morgan fingerprint density at radius 1 is 1.36 bits per heavy atom. The topological polar surface area (TPSA) is 111 Å². The molecule has 11 heteroatoms. The van der Waals surface area contributed by atoms with Gasteiger partial charge in [-0.1, -0.05) is 0 Å². The van der Waals surface area contributed by atoms with Crippen molar-refractivity contribution in [2.45, 2.75) is 46.5 Å². The van der Waals surface area contributed by atoms with Crippen LogP contribution in [0.15, 0.2) is 11.1 Å². The van der Waals surface area contributed by atoms with Crippen molar-refractivity contribution in [1.82, 2.24) is 24.2 Å². The van der Waals surface area contributed by atoms with Gasteiger partial charge in [-0.05, 0) is 27.7 Å². The Morgan fingerprint density at radius 2 is 2.04 bits per heavy atom. The van der Waals surface area contributed by atoms with Crippen molar-refractivity contribution in [2.75, 3.05) is 18.9 Å². The maximum absolute atomic E-state index is 14.2. The first-order valence-electron chi connectivity index (χ1n) is 7.96. The van der Waals surface area contributed by atoms with Crippen LogP contribution in [0.1, 0.15) is 27.7 Å². The Labute approximate surface area is 146 Å². The van der Waals surface area contributed by atoms with E-state index in [-0.39, 0.29) is 43.5 Å². The third kappa shape index (κ3) is 4.94. The zero-order valence-corrected chi connectivity index (χ0v) is 15.7. The number of anilines is 1. The van der Waals surface area contributed by atoms with E-state index < -0.39 is 14.2 Å². The van der Waals surface area contributed by atoms with Crippen LogP contribution in [-0.2, 0) is 16.0 Å². The second-order valence-electron chi connectivity index (χ2n) is 6.00. The second kappa shape index (κ2) is 8.66. The molecule has 0 spiro atoms. The third-order valence-corrected chi connectivity index (χ3v) is 5.07. The van der Waals surface area contributed by atoms with E-state index in [4.69, 9.17) is 15.0 Å². The average molecular weight is 374 g/mol. The van der Waals surface area contributed by atoms with Crippen LogP contribution in [0.5, 0.6) is 0 Å². The summed E-state index contributed by atoms with van der Waals surface area (Å²) in [4.78, 5) is 22.1. The lowest BCUT2D eigenvalue weighted by atomic mass is 10.3. The highest BCUT2D eigenvalue weighted by molar-refractivity contribution is 7.44. The molecule has 0 amide bonds. The summed E-state index contributed by atoms with van der Waals surface area (Å²) in [6, 6.07) is 0.118. The van der Waals surface area contributed by atoms with Crippen LogP contribution in [0, 0.1) is 0 Å². The van der Waals surface area contributed by atoms with Crippen LogP contribution < -0.4 is 11.3 Å². The van der Waals surface area contributed by atoms with Crippen LogP contribution in [0.3, 0.4) is 0 Å². The molecule has 9 nitrogen and oxygen atoms in total. The zero-order chi connectivity index (χ0) is 18.6. The number of imidazole rings is 1. The van der Waals surface area contributed by atoms with Crippen LogP contribution in [0.25, 0.3) is 11.2 Å². The predicted octanol–water partition coefficient (Wildman–Crippen LogP) is 2.01. The summed E-state index contributed by atoms with van der Waals surface area (Å²) in [6.45, 7) is 8.15. The number of nitrogens with two attached hydrogens (primary N) is 1. The molecule has 0 aliphatic rings. The van der Waals surface area contributed by atoms with E-state index >= 15 is 0 Å². The first kappa shape index (κ1) is 19.7. The number of hydrogen-bond donors (Lipinski definition) is 2. The first-order chi connectivity index (χ1) is 11.8. The second-order valence-corrected chi connectivity index (χ2v) is 7.17. The molecule has 3 N–H and O–H groups in total. The van der Waals surface area contributed by atoms with Crippen LogP contribution >= 0.6 is 8.61 Å². The molecule has 0 bridgehead atoms. The van der Waals surface area contributed by atoms with Crippen LogP contribution in [-0.4, -0.2) is 49.5 Å². The Balaban J connectivity index is 1.83. The summed E-state index contributed by atoms with van der Waals surface area (Å²) in [5.74, 6) is 0.00752. The largest absolute Gasteiger partial charge is 0.369 e. The fourth-order valence-corrected chi connectivity index (χ4v) is 3.51. The number of ether oxygens (including phenoxy) is 1. The quantitative estimate of drug-likeness (QED) is 0.510. The van der Waals surface area contributed by atoms with Crippen molar-refractivity contribution < 1.29 is 13.5 Å². The summed E-state index contributed by atoms with van der Waals surface area (Å²) >= 11 is 0. The van der Waals surface area contributed by atoms with Gasteiger partial charge >= 0.3 is 8.61 Å². The molecule has 0 fully saturated rings. The zero-order valence-electron chi connectivity index (χ0n) is 14.8. The van der Waals surface area contributed by atoms with E-state index in [1.165, 1.54) is 6.33 Å². The van der Waals surface area contributed by atoms with E-state index in [1.807, 2.05) is 27.7 Å². The molecule has 140 valence electrons. The maximum Gasteiger partial charge on any atom is 0.304 e. The summed E-state index contributed by atoms with van der Waals surface area (Å²) in [5, 5.41) is 0. The van der Waals surface area contributed by atoms with Gasteiger partial charge in [0.1, 0.15) is 6.73 Å². The Hall–Kier alpha value is -1.61. The van der Waals surface area contributed by atoms with Crippen molar-refractivity contribution in [3.05, 3.63) is 16.7 Å². The fraction of sp³-hybridized carbons (Fsp3) is 0.643. The van der Waals surface area contributed by atoms with Crippen LogP contribution in [0.2, 0.25) is 0 Å². The molecular weight excluding hydrogens is 350 g/mol. The van der Waals surface area contributed by atoms with Gasteiger partial charge in [-0.25, -0.2) is 9.65 Å². The minimum Gasteiger partial charge on any atom is -0.369 e. The van der Waals surface area contributed by atoms with Gasteiger partial charge in [0, 0.05) is 12.1 Å². The number of aromatic nitrogens is 4. The number of hydrogen-bond acceptors (Lipinski definition) is 7. The molecule has 1 unspecified atom stereocenters. The van der Waals surface area contributed by atoms with E-state index in [2.05, 4.69) is 15.0 Å². The number of nitrogens with one attached hydrogen (secondary N) is 1. The lowest BCUT2D eigenvalue weighted by molar-refractivity contribution is 0.0538. The Kier molecular flexibility index (Phi) is 6.83. The number of aromatic amines is 1. The molecule has 0 saturated heterocycles. The molecule has 0 aliphatic carbocycles. The minimum atomic E-state index is -2.16. The van der Waals surface area contributed by atoms with Crippen molar-refractivity contribution in [2.24, 2.45) is 0 Å². The molecule has 1 atom stereocenters. The lowest BCUT2D eigenvalue weighted by Crippen LogP contribution is -2.32. The summed E-state index contributed by atoms with van der Waals surface area (Å²) < 4.78 is 28.1. The van der Waals surface area contributed by atoms with Gasteiger partial charge in [0.25, 0.3) is 5.56 Å². The van der Waals surface area contributed by atoms with Gasteiger partial charge in [-0.2, -0.15) is 9.18 Å². The van der Waals surface area contributed by atoms with E-state index in [9.17, 15) is 8.99 Å². The van der Waals surface area contributed by atoms with E-state index in [1.54, 1.807) is 9.24 Å². The summed E-state index contributed by atoms with van der Waals surface area (Å²) in [7, 11) is -2.16. The molecule has 0 aromatic carbocycles. The minimum absolute atomic E-state index is 0.00752. The lowest BCUT2D eigenvalue weighted by Gasteiger charge is -2.31. The normalized spacial score (nSPS) is 13.4. The molecule has 25 heavy (non-hydrogen) atoms. The number of halogens is 1. The number of rotatable bonds is 9. The Morgan fingerprint density at radius 3 is 2.68 bits per heavy atom. The summed E-state index contributed by atoms with van der Waals surface area (Å²) in [5.41, 5.74) is 5.64. The van der Waals surface area contributed by atoms with E-state index in [0.29, 0.717) is 5.65 Å². The molecule has 2 heterocycles. The number of fused-ring (bicyclic) bond motifs is 1. The molecular formula is C14H24FN6O3P. The molecule has 0 saturated carbocycles. The standard InChI is InChI=1S/C14H24FN6O3P/c1-9(2)21(10(3)4)25(15)24-6-5-23-8-20-7-17-11-12(20)18-14(16)19-13(11)22/h7,9-10H,5-6,8H2,1-4H3,(H3,16,18,19,22). The SMILES string of the molecule is CC(C)N(C(C)C)P(F)OCCOCn1cnc2c(=O)[nH]c(N)nc21. The molecule has 2 rings (SSSR count). The van der Waals surface area contributed by atoms with Gasteiger partial charge in [0.2, 0.25) is 5.95 Å². The van der Waals surface area contributed by atoms with Gasteiger partial charge in [0.15, 0.2) is 11.2 Å². The smallest absolute Gasteiger partial charge is 0.304 e. The first-order valence-corrected chi connectivity index (χ1v) is 9.07. The van der Waals surface area contributed by atoms with Crippen molar-refractivity contribution in [1.29, 1.82) is 0 Å². The molecule has 2 aromatic rings. The van der Waals surface area contributed by atoms with Crippen LogP contribution in [0.4, 0.5) is 10.1 Å². The van der Waals surface area contributed by atoms with Gasteiger partial charge < -0.3 is 15.0 Å². The fourth-order valence-electron chi connectivity index (χ4n) is 2.43. The highest BCUT2D eigenvalue weighted by Gasteiger charge is 2.25. The third-order valence-electron chi connectivity index (χ3n) is 3.39. The highest BCUT2D eigenvalue weighted by Crippen LogP contribution is 2.45. The van der Waals surface area contributed by atoms with Crippen molar-refractivity contribution >= 4 is 25.7 Å². The average Bonchev–Trinajstić information content (AvgIpc) is 2.89. The van der Waals surface area contributed by atoms with E-state index in [0.717, 1.165) is 0 Å². The number of nitrogens with zero attached hydrogens (tertiary/aromatic N) is 4. The van der Waals surface area contributed by atoms with Gasteiger partial charge in [0.05, 0.1) is 19.5 Å². The highest BCUT2D eigenvalue weighted by atomic mass is 31.2. The summed E-state index contributed by atoms with van der Waals surface area (Å²) in [6.07, 6.45) is 1.44. The molecule has 0 aliphatic heterocycles. The number of H-pyrrole nitrogens is 1. The molecule has 2 aromatic heterocycles. The monoisotopic (exact) mass is 374 g/mol. The molecule has 0 radical (unpaired) electrons. The Bertz CT molecular complexity index is 742. The number of nitrogen functional groups attached to an aromatic ring is 1. The van der Waals surface area contributed by atoms with Gasteiger partial charge in [-0.3, -0.25) is 14.3 Å². The van der Waals surface area contributed by atoms with Gasteiger partial charge in [-0.15, -0.1) is 0 Å². The van der Waals surface area contributed by atoms with Crippen molar-refractivity contribution in [3.8, 4) is 0 Å².